The number of rotatable bonds is 6. The van der Waals surface area contributed by atoms with Gasteiger partial charge in [0.1, 0.15) is 17.1 Å². The summed E-state index contributed by atoms with van der Waals surface area (Å²) in [5.74, 6) is 1.61. The van der Waals surface area contributed by atoms with Gasteiger partial charge in [-0.25, -0.2) is 15.0 Å². The monoisotopic (exact) mass is 350 g/mol. The molecule has 7 heteroatoms. The van der Waals surface area contributed by atoms with E-state index in [4.69, 9.17) is 19.6 Å². The molecule has 3 heterocycles. The highest BCUT2D eigenvalue weighted by atomic mass is 16.5. The molecule has 26 heavy (non-hydrogen) atoms. The smallest absolute Gasteiger partial charge is 0.221 e. The molecule has 0 aromatic carbocycles. The van der Waals surface area contributed by atoms with E-state index in [1.165, 1.54) is 0 Å². The van der Waals surface area contributed by atoms with Crippen molar-refractivity contribution in [2.75, 3.05) is 20.0 Å². The Morgan fingerprint density at radius 3 is 2.77 bits per heavy atom. The van der Waals surface area contributed by atoms with Gasteiger partial charge in [0.25, 0.3) is 0 Å². The minimum Gasteiger partial charge on any atom is -0.494 e. The van der Waals surface area contributed by atoms with Crippen LogP contribution in [0.3, 0.4) is 0 Å². The lowest BCUT2D eigenvalue weighted by atomic mass is 10.00. The van der Waals surface area contributed by atoms with Crippen molar-refractivity contribution in [3.8, 4) is 28.5 Å². The maximum atomic E-state index is 5.95. The van der Waals surface area contributed by atoms with Crippen LogP contribution in [0.25, 0.3) is 28.3 Å². The number of aromatic nitrogens is 3. The average molecular weight is 350 g/mol. The Bertz CT molecular complexity index is 949. The van der Waals surface area contributed by atoms with Crippen molar-refractivity contribution in [3.05, 3.63) is 61.2 Å². The highest BCUT2D eigenvalue weighted by molar-refractivity contribution is 5.87. The second-order valence-corrected chi connectivity index (χ2v) is 5.19. The number of furan rings is 1. The van der Waals surface area contributed by atoms with Crippen LogP contribution in [-0.4, -0.2) is 29.2 Å². The van der Waals surface area contributed by atoms with E-state index in [2.05, 4.69) is 21.5 Å². The maximum absolute atomic E-state index is 5.95. The summed E-state index contributed by atoms with van der Waals surface area (Å²) in [6, 6.07) is 7.19. The standard InChI is InChI=1S/C19H18N4O3/c1-4-6-13(24-2)17-16(12-8-9-21-15(11-12)25-3)18(23-19(20)22-17)14-7-5-10-26-14/h4-11H,1H2,2-3H3,(H2,20,22,23)/b13-6-. The number of nitrogens with zero attached hydrogens (tertiary/aromatic N) is 3. The fourth-order valence-electron chi connectivity index (χ4n) is 2.55. The Morgan fingerprint density at radius 1 is 1.27 bits per heavy atom. The van der Waals surface area contributed by atoms with Crippen LogP contribution in [-0.2, 0) is 4.74 Å². The molecular weight excluding hydrogens is 332 g/mol. The third-order valence-corrected chi connectivity index (χ3v) is 3.64. The molecule has 0 saturated heterocycles. The first kappa shape index (κ1) is 17.2. The summed E-state index contributed by atoms with van der Waals surface area (Å²) in [6.07, 6.45) is 6.53. The Hall–Kier alpha value is -3.61. The molecule has 0 spiro atoms. The predicted octanol–water partition coefficient (Wildman–Crippen LogP) is 3.56. The Balaban J connectivity index is 2.37. The van der Waals surface area contributed by atoms with Gasteiger partial charge in [-0.15, -0.1) is 0 Å². The van der Waals surface area contributed by atoms with Crippen molar-refractivity contribution in [1.29, 1.82) is 0 Å². The zero-order chi connectivity index (χ0) is 18.5. The van der Waals surface area contributed by atoms with Crippen LogP contribution < -0.4 is 10.5 Å². The molecule has 7 nitrogen and oxygen atoms in total. The summed E-state index contributed by atoms with van der Waals surface area (Å²) in [5.41, 5.74) is 8.47. The zero-order valence-electron chi connectivity index (χ0n) is 14.5. The number of methoxy groups -OCH3 is 2. The van der Waals surface area contributed by atoms with Crippen LogP contribution in [0.15, 0.2) is 59.9 Å². The van der Waals surface area contributed by atoms with Gasteiger partial charge in [0.2, 0.25) is 11.8 Å². The molecule has 0 radical (unpaired) electrons. The average Bonchev–Trinajstić information content (AvgIpc) is 3.20. The van der Waals surface area contributed by atoms with Gasteiger partial charge in [-0.2, -0.15) is 0 Å². The van der Waals surface area contributed by atoms with E-state index in [0.717, 1.165) is 5.56 Å². The quantitative estimate of drug-likeness (QED) is 0.536. The minimum atomic E-state index is 0.100. The van der Waals surface area contributed by atoms with E-state index in [-0.39, 0.29) is 5.95 Å². The van der Waals surface area contributed by atoms with Gasteiger partial charge in [-0.1, -0.05) is 12.7 Å². The molecule has 3 aromatic heterocycles. The molecule has 3 rings (SSSR count). The lowest BCUT2D eigenvalue weighted by molar-refractivity contribution is 0.368. The van der Waals surface area contributed by atoms with Gasteiger partial charge in [0.15, 0.2) is 5.76 Å². The number of nitrogen functional groups attached to an aromatic ring is 1. The van der Waals surface area contributed by atoms with E-state index in [9.17, 15) is 0 Å². The number of anilines is 1. The summed E-state index contributed by atoms with van der Waals surface area (Å²) in [4.78, 5) is 12.9. The van der Waals surface area contributed by atoms with Crippen LogP contribution in [0, 0.1) is 0 Å². The third kappa shape index (κ3) is 3.27. The fraction of sp³-hybridized carbons (Fsp3) is 0.105. The number of pyridine rings is 1. The van der Waals surface area contributed by atoms with Gasteiger partial charge in [-0.3, -0.25) is 0 Å². The van der Waals surface area contributed by atoms with E-state index in [1.54, 1.807) is 57.0 Å². The van der Waals surface area contributed by atoms with Gasteiger partial charge in [-0.05, 0) is 29.8 Å². The highest BCUT2D eigenvalue weighted by Crippen LogP contribution is 2.37. The first-order valence-electron chi connectivity index (χ1n) is 7.76. The van der Waals surface area contributed by atoms with E-state index < -0.39 is 0 Å². The van der Waals surface area contributed by atoms with E-state index >= 15 is 0 Å². The molecule has 0 aliphatic rings. The van der Waals surface area contributed by atoms with Gasteiger partial charge in [0, 0.05) is 17.8 Å². The molecule has 2 N–H and O–H groups in total. The molecule has 0 atom stereocenters. The van der Waals surface area contributed by atoms with Crippen LogP contribution >= 0.6 is 0 Å². The van der Waals surface area contributed by atoms with Crippen molar-refractivity contribution in [1.82, 2.24) is 15.0 Å². The molecular formula is C19H18N4O3. The topological polar surface area (TPSA) is 96.3 Å². The lowest BCUT2D eigenvalue weighted by Crippen LogP contribution is -2.05. The summed E-state index contributed by atoms with van der Waals surface area (Å²) < 4.78 is 16.3. The molecule has 0 saturated carbocycles. The second kappa shape index (κ2) is 7.52. The molecule has 0 amide bonds. The maximum Gasteiger partial charge on any atom is 0.221 e. The van der Waals surface area contributed by atoms with Crippen LogP contribution in [0.2, 0.25) is 0 Å². The van der Waals surface area contributed by atoms with Crippen LogP contribution in [0.1, 0.15) is 5.69 Å². The fourth-order valence-corrected chi connectivity index (χ4v) is 2.55. The molecule has 0 aliphatic carbocycles. The molecule has 0 aliphatic heterocycles. The van der Waals surface area contributed by atoms with Crippen molar-refractivity contribution in [2.24, 2.45) is 0 Å². The molecule has 3 aromatic rings. The largest absolute Gasteiger partial charge is 0.494 e. The van der Waals surface area contributed by atoms with E-state index in [1.807, 2.05) is 6.07 Å². The van der Waals surface area contributed by atoms with Gasteiger partial charge < -0.3 is 19.6 Å². The van der Waals surface area contributed by atoms with Crippen LogP contribution in [0.4, 0.5) is 5.95 Å². The first-order chi connectivity index (χ1) is 12.7. The number of allylic oxidation sites excluding steroid dienone is 2. The Kier molecular flexibility index (Phi) is 4.98. The van der Waals surface area contributed by atoms with Gasteiger partial charge in [0.05, 0.1) is 20.5 Å². The SMILES string of the molecule is C=C/C=C(\OC)c1nc(N)nc(-c2ccco2)c1-c1ccnc(OC)c1. The van der Waals surface area contributed by atoms with Crippen molar-refractivity contribution in [2.45, 2.75) is 0 Å². The molecule has 132 valence electrons. The van der Waals surface area contributed by atoms with Gasteiger partial charge >= 0.3 is 0 Å². The minimum absolute atomic E-state index is 0.100. The Morgan fingerprint density at radius 2 is 2.12 bits per heavy atom. The van der Waals surface area contributed by atoms with E-state index in [0.29, 0.717) is 34.4 Å². The molecule has 0 fully saturated rings. The number of hydrogen-bond acceptors (Lipinski definition) is 7. The third-order valence-electron chi connectivity index (χ3n) is 3.64. The predicted molar refractivity (Wildman–Crippen MR) is 99.1 cm³/mol. The summed E-state index contributed by atoms with van der Waals surface area (Å²) in [7, 11) is 3.11. The van der Waals surface area contributed by atoms with Crippen molar-refractivity contribution in [3.63, 3.8) is 0 Å². The van der Waals surface area contributed by atoms with Crippen LogP contribution in [0.5, 0.6) is 5.88 Å². The number of nitrogens with two attached hydrogens (primary N) is 1. The first-order valence-corrected chi connectivity index (χ1v) is 7.76. The normalized spacial score (nSPS) is 11.2. The molecule has 0 unspecified atom stereocenters. The summed E-state index contributed by atoms with van der Waals surface area (Å²) in [5, 5.41) is 0. The second-order valence-electron chi connectivity index (χ2n) is 5.19. The summed E-state index contributed by atoms with van der Waals surface area (Å²) >= 11 is 0. The van der Waals surface area contributed by atoms with Crippen molar-refractivity contribution < 1.29 is 13.9 Å². The summed E-state index contributed by atoms with van der Waals surface area (Å²) in [6.45, 7) is 3.72. The lowest BCUT2D eigenvalue weighted by Gasteiger charge is -2.15. The Labute approximate surface area is 150 Å². The highest BCUT2D eigenvalue weighted by Gasteiger charge is 2.22. The number of hydrogen-bond donors (Lipinski definition) is 1. The molecule has 0 bridgehead atoms. The zero-order valence-corrected chi connectivity index (χ0v) is 14.5. The van der Waals surface area contributed by atoms with Crippen molar-refractivity contribution >= 4 is 11.7 Å². The number of ether oxygens (including phenoxy) is 2.